The molecule has 0 aliphatic carbocycles. The zero-order valence-corrected chi connectivity index (χ0v) is 11.7. The summed E-state index contributed by atoms with van der Waals surface area (Å²) in [5.41, 5.74) is 2.62. The number of benzene rings is 2. The molecule has 3 nitrogen and oxygen atoms in total. The second kappa shape index (κ2) is 6.24. The van der Waals surface area contributed by atoms with Crippen LogP contribution >= 0.6 is 0 Å². The third-order valence-electron chi connectivity index (χ3n) is 3.09. The van der Waals surface area contributed by atoms with Crippen molar-refractivity contribution in [1.82, 2.24) is 0 Å². The van der Waals surface area contributed by atoms with E-state index in [1.807, 2.05) is 32.0 Å². The fraction of sp³-hybridized carbons (Fsp3) is 0.235. The van der Waals surface area contributed by atoms with Crippen LogP contribution in [0, 0.1) is 6.92 Å². The molecule has 0 bridgehead atoms. The predicted octanol–water partition coefficient (Wildman–Crippen LogP) is 4.07. The molecule has 2 aromatic rings. The number of carbonyl (C=O) groups is 1. The second-order valence-corrected chi connectivity index (χ2v) is 4.72. The van der Waals surface area contributed by atoms with Crippen LogP contribution in [0.15, 0.2) is 42.5 Å². The number of para-hydroxylation sites is 1. The normalized spacial score (nSPS) is 10.3. The first-order chi connectivity index (χ1) is 9.61. The summed E-state index contributed by atoms with van der Waals surface area (Å²) in [5, 5.41) is 9.94. The van der Waals surface area contributed by atoms with Gasteiger partial charge in [0, 0.05) is 12.0 Å². The van der Waals surface area contributed by atoms with Crippen molar-refractivity contribution in [3.63, 3.8) is 0 Å². The zero-order valence-electron chi connectivity index (χ0n) is 11.7. The smallest absolute Gasteiger partial charge is 0.311 e. The van der Waals surface area contributed by atoms with Gasteiger partial charge in [0.1, 0.15) is 11.5 Å². The first-order valence-electron chi connectivity index (χ1n) is 6.71. The molecule has 0 atom stereocenters. The van der Waals surface area contributed by atoms with Crippen molar-refractivity contribution in [3.05, 3.63) is 48.0 Å². The summed E-state index contributed by atoms with van der Waals surface area (Å²) in [6.07, 6.45) is 1.16. The summed E-state index contributed by atoms with van der Waals surface area (Å²) in [4.78, 5) is 11.5. The van der Waals surface area contributed by atoms with Crippen LogP contribution in [-0.4, -0.2) is 11.1 Å². The number of aromatic hydroxyl groups is 1. The highest BCUT2D eigenvalue weighted by molar-refractivity contribution is 5.76. The zero-order chi connectivity index (χ0) is 14.5. The van der Waals surface area contributed by atoms with Crippen LogP contribution in [0.1, 0.15) is 25.3 Å². The SMILES string of the molecule is CCCC(=O)Oc1ccc(C)c(-c2ccccc2O)c1. The van der Waals surface area contributed by atoms with Crippen LogP contribution in [0.25, 0.3) is 11.1 Å². The Labute approximate surface area is 118 Å². The molecule has 0 spiro atoms. The summed E-state index contributed by atoms with van der Waals surface area (Å²) >= 11 is 0. The predicted molar refractivity (Wildman–Crippen MR) is 78.8 cm³/mol. The van der Waals surface area contributed by atoms with Gasteiger partial charge in [-0.3, -0.25) is 4.79 Å². The maximum absolute atomic E-state index is 11.5. The summed E-state index contributed by atoms with van der Waals surface area (Å²) in [6.45, 7) is 3.89. The van der Waals surface area contributed by atoms with Gasteiger partial charge in [-0.05, 0) is 42.7 Å². The molecule has 0 amide bonds. The van der Waals surface area contributed by atoms with Crippen LogP contribution in [-0.2, 0) is 4.79 Å². The highest BCUT2D eigenvalue weighted by atomic mass is 16.5. The van der Waals surface area contributed by atoms with Gasteiger partial charge < -0.3 is 9.84 Å². The van der Waals surface area contributed by atoms with Crippen molar-refractivity contribution in [2.75, 3.05) is 0 Å². The molecule has 0 aromatic heterocycles. The van der Waals surface area contributed by atoms with Gasteiger partial charge in [0.05, 0.1) is 0 Å². The van der Waals surface area contributed by atoms with Crippen LogP contribution < -0.4 is 4.74 Å². The third kappa shape index (κ3) is 3.18. The lowest BCUT2D eigenvalue weighted by Crippen LogP contribution is -2.06. The summed E-state index contributed by atoms with van der Waals surface area (Å²) in [5.74, 6) is 0.486. The van der Waals surface area contributed by atoms with Gasteiger partial charge in [-0.15, -0.1) is 0 Å². The average molecular weight is 270 g/mol. The highest BCUT2D eigenvalue weighted by Crippen LogP contribution is 2.33. The number of rotatable bonds is 4. The molecule has 0 aliphatic heterocycles. The monoisotopic (exact) mass is 270 g/mol. The van der Waals surface area contributed by atoms with E-state index >= 15 is 0 Å². The van der Waals surface area contributed by atoms with E-state index in [1.165, 1.54) is 0 Å². The van der Waals surface area contributed by atoms with Crippen molar-refractivity contribution in [3.8, 4) is 22.6 Å². The molecule has 0 aliphatic rings. The van der Waals surface area contributed by atoms with Crippen LogP contribution in [0.5, 0.6) is 11.5 Å². The minimum atomic E-state index is -0.236. The number of phenols is 1. The summed E-state index contributed by atoms with van der Waals surface area (Å²) < 4.78 is 5.29. The molecule has 1 N–H and O–H groups in total. The van der Waals surface area contributed by atoms with Crippen LogP contribution in [0.2, 0.25) is 0 Å². The molecular formula is C17H18O3. The van der Waals surface area contributed by atoms with Gasteiger partial charge in [0.15, 0.2) is 0 Å². The van der Waals surface area contributed by atoms with Gasteiger partial charge in [0.2, 0.25) is 0 Å². The van der Waals surface area contributed by atoms with E-state index in [0.717, 1.165) is 23.1 Å². The van der Waals surface area contributed by atoms with E-state index < -0.39 is 0 Å². The van der Waals surface area contributed by atoms with Crippen molar-refractivity contribution in [1.29, 1.82) is 0 Å². The number of ether oxygens (including phenoxy) is 1. The second-order valence-electron chi connectivity index (χ2n) is 4.72. The van der Waals surface area contributed by atoms with Crippen LogP contribution in [0.3, 0.4) is 0 Å². The Morgan fingerprint density at radius 3 is 2.60 bits per heavy atom. The molecule has 104 valence electrons. The molecule has 0 saturated carbocycles. The fourth-order valence-corrected chi connectivity index (χ4v) is 2.04. The quantitative estimate of drug-likeness (QED) is 0.672. The Hall–Kier alpha value is -2.29. The number of aryl methyl sites for hydroxylation is 1. The summed E-state index contributed by atoms with van der Waals surface area (Å²) in [7, 11) is 0. The highest BCUT2D eigenvalue weighted by Gasteiger charge is 2.10. The van der Waals surface area contributed by atoms with Crippen molar-refractivity contribution in [2.45, 2.75) is 26.7 Å². The Morgan fingerprint density at radius 1 is 1.15 bits per heavy atom. The number of phenolic OH excluding ortho intramolecular Hbond substituents is 1. The fourth-order valence-electron chi connectivity index (χ4n) is 2.04. The van der Waals surface area contributed by atoms with Crippen molar-refractivity contribution < 1.29 is 14.6 Å². The van der Waals surface area contributed by atoms with Gasteiger partial charge in [-0.2, -0.15) is 0 Å². The first-order valence-corrected chi connectivity index (χ1v) is 6.71. The lowest BCUT2D eigenvalue weighted by molar-refractivity contribution is -0.134. The standard InChI is InChI=1S/C17H18O3/c1-3-6-17(19)20-13-10-9-12(2)15(11-13)14-7-4-5-8-16(14)18/h4-5,7-11,18H,3,6H2,1-2H3. The third-order valence-corrected chi connectivity index (χ3v) is 3.09. The van der Waals surface area contributed by atoms with Gasteiger partial charge >= 0.3 is 5.97 Å². The maximum atomic E-state index is 11.5. The minimum absolute atomic E-state index is 0.215. The number of esters is 1. The summed E-state index contributed by atoms with van der Waals surface area (Å²) in [6, 6.07) is 12.6. The Balaban J connectivity index is 2.35. The molecule has 0 fully saturated rings. The number of hydrogen-bond acceptors (Lipinski definition) is 3. The molecule has 0 unspecified atom stereocenters. The van der Waals surface area contributed by atoms with E-state index in [4.69, 9.17) is 4.74 Å². The molecule has 20 heavy (non-hydrogen) atoms. The number of hydrogen-bond donors (Lipinski definition) is 1. The minimum Gasteiger partial charge on any atom is -0.507 e. The van der Waals surface area contributed by atoms with Gasteiger partial charge in [0.25, 0.3) is 0 Å². The van der Waals surface area contributed by atoms with E-state index in [0.29, 0.717) is 12.2 Å². The molecule has 2 aromatic carbocycles. The molecular weight excluding hydrogens is 252 g/mol. The van der Waals surface area contributed by atoms with E-state index in [2.05, 4.69) is 0 Å². The lowest BCUT2D eigenvalue weighted by atomic mass is 9.99. The Morgan fingerprint density at radius 2 is 1.90 bits per heavy atom. The molecule has 2 rings (SSSR count). The van der Waals surface area contributed by atoms with E-state index in [1.54, 1.807) is 24.3 Å². The van der Waals surface area contributed by atoms with E-state index in [-0.39, 0.29) is 11.7 Å². The largest absolute Gasteiger partial charge is 0.507 e. The average Bonchev–Trinajstić information content (AvgIpc) is 2.42. The number of carbonyl (C=O) groups excluding carboxylic acids is 1. The maximum Gasteiger partial charge on any atom is 0.311 e. The Bertz CT molecular complexity index is 617. The molecule has 3 heteroatoms. The lowest BCUT2D eigenvalue weighted by Gasteiger charge is -2.11. The molecule has 0 radical (unpaired) electrons. The topological polar surface area (TPSA) is 46.5 Å². The molecule has 0 heterocycles. The first kappa shape index (κ1) is 14.1. The van der Waals surface area contributed by atoms with Crippen molar-refractivity contribution >= 4 is 5.97 Å². The Kier molecular flexibility index (Phi) is 4.41. The van der Waals surface area contributed by atoms with E-state index in [9.17, 15) is 9.90 Å². The van der Waals surface area contributed by atoms with Crippen LogP contribution in [0.4, 0.5) is 0 Å². The van der Waals surface area contributed by atoms with Crippen molar-refractivity contribution in [2.24, 2.45) is 0 Å². The van der Waals surface area contributed by atoms with Gasteiger partial charge in [-0.25, -0.2) is 0 Å². The van der Waals surface area contributed by atoms with Gasteiger partial charge in [-0.1, -0.05) is 31.2 Å². The molecule has 0 saturated heterocycles.